The van der Waals surface area contributed by atoms with Crippen LogP contribution in [0.1, 0.15) is 36.0 Å². The molecule has 0 bridgehead atoms. The summed E-state index contributed by atoms with van der Waals surface area (Å²) in [5.41, 5.74) is 4.77. The molecule has 196 valence electrons. The Labute approximate surface area is 218 Å². The van der Waals surface area contributed by atoms with Gasteiger partial charge >= 0.3 is 0 Å². The summed E-state index contributed by atoms with van der Waals surface area (Å²) < 4.78 is 19.0. The second-order valence-electron chi connectivity index (χ2n) is 10.6. The van der Waals surface area contributed by atoms with Gasteiger partial charge in [-0.1, -0.05) is 19.6 Å². The molecule has 1 N–H and O–H groups in total. The van der Waals surface area contributed by atoms with Crippen molar-refractivity contribution in [2.75, 3.05) is 26.9 Å². The first-order chi connectivity index (χ1) is 17.3. The fraction of sp³-hybridized carbons (Fsp3) is 0.577. The van der Waals surface area contributed by atoms with Crippen molar-refractivity contribution in [3.05, 3.63) is 35.6 Å². The van der Waals surface area contributed by atoms with Crippen molar-refractivity contribution in [1.82, 2.24) is 19.9 Å². The summed E-state index contributed by atoms with van der Waals surface area (Å²) in [6.07, 6.45) is 7.68. The molecular formula is C26H38N4O4SSi. The first-order valence-corrected chi connectivity index (χ1v) is 17.3. The van der Waals surface area contributed by atoms with Crippen LogP contribution in [0.4, 0.5) is 0 Å². The number of fused-ring (bicyclic) bond motifs is 1. The molecule has 1 fully saturated rings. The lowest BCUT2D eigenvalue weighted by Gasteiger charge is -2.29. The van der Waals surface area contributed by atoms with Gasteiger partial charge in [0.1, 0.15) is 6.73 Å². The minimum Gasteiger partial charge on any atom is -0.382 e. The Balaban J connectivity index is 1.50. The van der Waals surface area contributed by atoms with Crippen molar-refractivity contribution in [2.24, 2.45) is 0 Å². The van der Waals surface area contributed by atoms with Crippen LogP contribution in [-0.2, 0) is 20.9 Å². The van der Waals surface area contributed by atoms with E-state index in [9.17, 15) is 4.79 Å². The normalized spacial score (nSPS) is 18.6. The standard InChI is InChI=1S/C26H38N4O4SSi/c1-32-11-12-34-20-7-5-19(6-8-20)28-26(31)21-15-23(24-16-27-17-35-24)29-22-9-10-30(25(21)22)18-33-13-14-36(2,3)4/h9-10,15-17,19-20H,5-8,11-14,18H2,1-4H3,(H,28,31)/t19-,20-. The molecule has 0 aliphatic heterocycles. The summed E-state index contributed by atoms with van der Waals surface area (Å²) >= 11 is 1.52. The van der Waals surface area contributed by atoms with Crippen molar-refractivity contribution >= 4 is 36.4 Å². The highest BCUT2D eigenvalue weighted by atomic mass is 32.1. The number of hydrogen-bond donors (Lipinski definition) is 1. The third kappa shape index (κ3) is 7.23. The number of rotatable bonds is 12. The summed E-state index contributed by atoms with van der Waals surface area (Å²) in [7, 11) is 0.512. The van der Waals surface area contributed by atoms with Gasteiger partial charge in [0.2, 0.25) is 0 Å². The van der Waals surface area contributed by atoms with Crippen molar-refractivity contribution in [2.45, 2.75) is 70.2 Å². The van der Waals surface area contributed by atoms with E-state index in [-0.39, 0.29) is 18.1 Å². The maximum atomic E-state index is 13.6. The van der Waals surface area contributed by atoms with Gasteiger partial charge in [-0.2, -0.15) is 0 Å². The van der Waals surface area contributed by atoms with E-state index in [0.29, 0.717) is 25.5 Å². The number of aromatic nitrogens is 3. The minimum atomic E-state index is -1.17. The van der Waals surface area contributed by atoms with Gasteiger partial charge in [-0.15, -0.1) is 11.3 Å². The van der Waals surface area contributed by atoms with E-state index in [2.05, 4.69) is 29.9 Å². The van der Waals surface area contributed by atoms with Crippen molar-refractivity contribution < 1.29 is 19.0 Å². The number of carbonyl (C=O) groups excluding carboxylic acids is 1. The van der Waals surface area contributed by atoms with E-state index in [1.165, 1.54) is 11.3 Å². The summed E-state index contributed by atoms with van der Waals surface area (Å²) in [4.78, 5) is 23.6. The number of thiazole rings is 1. The second kappa shape index (κ2) is 12.4. The molecule has 4 rings (SSSR count). The van der Waals surface area contributed by atoms with Crippen LogP contribution in [0, 0.1) is 0 Å². The molecular weight excluding hydrogens is 492 g/mol. The van der Waals surface area contributed by atoms with E-state index in [1.807, 2.05) is 22.9 Å². The smallest absolute Gasteiger partial charge is 0.253 e. The van der Waals surface area contributed by atoms with Gasteiger partial charge in [-0.3, -0.25) is 9.78 Å². The van der Waals surface area contributed by atoms with Gasteiger partial charge in [0.05, 0.1) is 52.0 Å². The second-order valence-corrected chi connectivity index (χ2v) is 17.1. The molecule has 8 nitrogen and oxygen atoms in total. The zero-order chi connectivity index (χ0) is 25.5. The molecule has 0 atom stereocenters. The molecule has 1 aliphatic rings. The number of pyridine rings is 1. The SMILES string of the molecule is COCCO[C@H]1CC[C@H](NC(=O)c2cc(-c3cncs3)nc3ccn(COCC[Si](C)(C)C)c23)CC1. The Morgan fingerprint density at radius 1 is 1.19 bits per heavy atom. The van der Waals surface area contributed by atoms with Crippen LogP contribution in [0.5, 0.6) is 0 Å². The summed E-state index contributed by atoms with van der Waals surface area (Å²) in [5.74, 6) is -0.0704. The highest BCUT2D eigenvalue weighted by Crippen LogP contribution is 2.29. The van der Waals surface area contributed by atoms with E-state index in [1.54, 1.807) is 18.8 Å². The summed E-state index contributed by atoms with van der Waals surface area (Å²) in [6.45, 7) is 9.37. The van der Waals surface area contributed by atoms with Gasteiger partial charge in [0, 0.05) is 40.2 Å². The Kier molecular flexibility index (Phi) is 9.29. The van der Waals surface area contributed by atoms with Crippen LogP contribution >= 0.6 is 11.3 Å². The Bertz CT molecular complexity index is 1120. The molecule has 10 heteroatoms. The largest absolute Gasteiger partial charge is 0.382 e. The average molecular weight is 531 g/mol. The van der Waals surface area contributed by atoms with E-state index in [0.717, 1.165) is 59.9 Å². The molecule has 3 aromatic heterocycles. The zero-order valence-corrected chi connectivity index (χ0v) is 23.6. The Morgan fingerprint density at radius 3 is 2.69 bits per heavy atom. The zero-order valence-electron chi connectivity index (χ0n) is 21.8. The lowest BCUT2D eigenvalue weighted by atomic mass is 9.92. The van der Waals surface area contributed by atoms with Gasteiger partial charge in [-0.25, -0.2) is 4.98 Å². The quantitative estimate of drug-likeness (QED) is 0.257. The summed E-state index contributed by atoms with van der Waals surface area (Å²) in [6, 6.07) is 5.08. The lowest BCUT2D eigenvalue weighted by Crippen LogP contribution is -2.39. The number of carbonyl (C=O) groups is 1. The first kappa shape index (κ1) is 26.9. The third-order valence-corrected chi connectivity index (χ3v) is 9.03. The highest BCUT2D eigenvalue weighted by Gasteiger charge is 2.25. The van der Waals surface area contributed by atoms with Gasteiger partial charge < -0.3 is 24.1 Å². The fourth-order valence-corrected chi connectivity index (χ4v) is 5.78. The van der Waals surface area contributed by atoms with E-state index >= 15 is 0 Å². The fourth-order valence-electron chi connectivity index (χ4n) is 4.44. The van der Waals surface area contributed by atoms with Gasteiger partial charge in [0.15, 0.2) is 0 Å². The minimum absolute atomic E-state index is 0.0704. The van der Waals surface area contributed by atoms with Crippen LogP contribution in [0.2, 0.25) is 25.7 Å². The third-order valence-electron chi connectivity index (χ3n) is 6.53. The molecule has 0 aromatic carbocycles. The predicted molar refractivity (Wildman–Crippen MR) is 146 cm³/mol. The molecule has 36 heavy (non-hydrogen) atoms. The van der Waals surface area contributed by atoms with Crippen LogP contribution in [-0.4, -0.2) is 67.6 Å². The van der Waals surface area contributed by atoms with E-state index < -0.39 is 8.07 Å². The van der Waals surface area contributed by atoms with Crippen LogP contribution < -0.4 is 5.32 Å². The number of amides is 1. The molecule has 0 unspecified atom stereocenters. The molecule has 1 aliphatic carbocycles. The maximum Gasteiger partial charge on any atom is 0.253 e. The Morgan fingerprint density at radius 2 is 2.00 bits per heavy atom. The lowest BCUT2D eigenvalue weighted by molar-refractivity contribution is -0.00408. The number of methoxy groups -OCH3 is 1. The molecule has 0 spiro atoms. The molecule has 3 aromatic rings. The van der Waals surface area contributed by atoms with Crippen molar-refractivity contribution in [3.8, 4) is 10.6 Å². The van der Waals surface area contributed by atoms with Crippen molar-refractivity contribution in [3.63, 3.8) is 0 Å². The van der Waals surface area contributed by atoms with Gasteiger partial charge in [0.25, 0.3) is 5.91 Å². The number of nitrogens with zero attached hydrogens (tertiary/aromatic N) is 3. The summed E-state index contributed by atoms with van der Waals surface area (Å²) in [5, 5.41) is 3.28. The molecule has 0 radical (unpaired) electrons. The maximum absolute atomic E-state index is 13.6. The number of hydrogen-bond acceptors (Lipinski definition) is 7. The highest BCUT2D eigenvalue weighted by molar-refractivity contribution is 7.13. The number of nitrogens with one attached hydrogen (secondary N) is 1. The molecule has 1 saturated carbocycles. The van der Waals surface area contributed by atoms with Crippen molar-refractivity contribution in [1.29, 1.82) is 0 Å². The first-order valence-electron chi connectivity index (χ1n) is 12.7. The molecule has 3 heterocycles. The van der Waals surface area contributed by atoms with Gasteiger partial charge in [-0.05, 0) is 43.9 Å². The van der Waals surface area contributed by atoms with E-state index in [4.69, 9.17) is 19.2 Å². The Hall–Kier alpha value is -2.11. The topological polar surface area (TPSA) is 87.5 Å². The van der Waals surface area contributed by atoms with Crippen LogP contribution in [0.3, 0.4) is 0 Å². The molecule has 1 amide bonds. The molecule has 0 saturated heterocycles. The van der Waals surface area contributed by atoms with Crippen LogP contribution in [0.25, 0.3) is 21.6 Å². The predicted octanol–water partition coefficient (Wildman–Crippen LogP) is 5.18. The average Bonchev–Trinajstić information content (AvgIpc) is 3.52. The number of ether oxygens (including phenoxy) is 3. The van der Waals surface area contributed by atoms with Crippen LogP contribution in [0.15, 0.2) is 30.0 Å². The monoisotopic (exact) mass is 530 g/mol.